The third-order valence-electron chi connectivity index (χ3n) is 2.37. The van der Waals surface area contributed by atoms with E-state index in [2.05, 4.69) is 10.6 Å². The van der Waals surface area contributed by atoms with Crippen molar-refractivity contribution in [2.75, 3.05) is 20.1 Å². The topological polar surface area (TPSA) is 41.1 Å². The van der Waals surface area contributed by atoms with Crippen LogP contribution >= 0.6 is 0 Å². The van der Waals surface area contributed by atoms with Crippen LogP contribution < -0.4 is 10.6 Å². The molecule has 0 unspecified atom stereocenters. The molecule has 0 bridgehead atoms. The molecule has 88 valence electrons. The van der Waals surface area contributed by atoms with Gasteiger partial charge in [-0.1, -0.05) is 29.8 Å². The molecule has 0 aromatic heterocycles. The van der Waals surface area contributed by atoms with Gasteiger partial charge in [-0.3, -0.25) is 4.79 Å². The number of hydrogen-bond acceptors (Lipinski definition) is 2. The van der Waals surface area contributed by atoms with Gasteiger partial charge in [0.1, 0.15) is 0 Å². The molecule has 0 spiro atoms. The van der Waals surface area contributed by atoms with Crippen LogP contribution in [0.4, 0.5) is 0 Å². The van der Waals surface area contributed by atoms with Gasteiger partial charge in [-0.25, -0.2) is 0 Å². The van der Waals surface area contributed by atoms with Gasteiger partial charge in [0.15, 0.2) is 0 Å². The number of benzene rings is 1. The molecule has 0 heterocycles. The van der Waals surface area contributed by atoms with Crippen LogP contribution in [0, 0.1) is 6.92 Å². The Morgan fingerprint density at radius 3 is 2.81 bits per heavy atom. The Morgan fingerprint density at radius 2 is 2.12 bits per heavy atom. The first kappa shape index (κ1) is 12.7. The van der Waals surface area contributed by atoms with E-state index < -0.39 is 0 Å². The molecule has 2 N–H and O–H groups in total. The monoisotopic (exact) mass is 220 g/mol. The zero-order chi connectivity index (χ0) is 11.8. The average Bonchev–Trinajstić information content (AvgIpc) is 2.24. The van der Waals surface area contributed by atoms with Crippen molar-refractivity contribution in [3.63, 3.8) is 0 Å². The number of rotatable bonds is 6. The standard InChI is InChI=1S/C13H20N2O/c1-11-5-3-6-12(9-11)10-13(16)15-8-4-7-14-2/h3,5-6,9,14H,4,7-8,10H2,1-2H3,(H,15,16). The van der Waals surface area contributed by atoms with Crippen molar-refractivity contribution in [2.45, 2.75) is 19.8 Å². The number of aryl methyl sites for hydroxylation is 1. The first-order chi connectivity index (χ1) is 7.72. The highest BCUT2D eigenvalue weighted by atomic mass is 16.1. The zero-order valence-corrected chi connectivity index (χ0v) is 10.0. The molecule has 0 atom stereocenters. The summed E-state index contributed by atoms with van der Waals surface area (Å²) in [5.74, 6) is 0.0988. The van der Waals surface area contributed by atoms with Crippen LogP contribution in [0.2, 0.25) is 0 Å². The van der Waals surface area contributed by atoms with Crippen LogP contribution in [-0.4, -0.2) is 26.0 Å². The van der Waals surface area contributed by atoms with Crippen molar-refractivity contribution in [1.29, 1.82) is 0 Å². The lowest BCUT2D eigenvalue weighted by Crippen LogP contribution is -2.27. The fraction of sp³-hybridized carbons (Fsp3) is 0.462. The third kappa shape index (κ3) is 4.94. The first-order valence-electron chi connectivity index (χ1n) is 5.69. The molecule has 0 aliphatic carbocycles. The van der Waals surface area contributed by atoms with Gasteiger partial charge in [-0.15, -0.1) is 0 Å². The van der Waals surface area contributed by atoms with E-state index in [1.165, 1.54) is 5.56 Å². The molecule has 3 heteroatoms. The van der Waals surface area contributed by atoms with E-state index in [9.17, 15) is 4.79 Å². The lowest BCUT2D eigenvalue weighted by atomic mass is 10.1. The Kier molecular flexibility index (Phi) is 5.57. The second kappa shape index (κ2) is 7.01. The molecule has 0 saturated carbocycles. The van der Waals surface area contributed by atoms with Crippen LogP contribution in [-0.2, 0) is 11.2 Å². The van der Waals surface area contributed by atoms with E-state index in [4.69, 9.17) is 0 Å². The Bertz CT molecular complexity index is 336. The molecule has 0 saturated heterocycles. The predicted molar refractivity (Wildman–Crippen MR) is 66.4 cm³/mol. The maximum absolute atomic E-state index is 11.6. The van der Waals surface area contributed by atoms with Gasteiger partial charge in [-0.05, 0) is 32.5 Å². The molecule has 1 amide bonds. The second-order valence-corrected chi connectivity index (χ2v) is 3.97. The summed E-state index contributed by atoms with van der Waals surface area (Å²) in [6.45, 7) is 3.71. The number of nitrogens with one attached hydrogen (secondary N) is 2. The van der Waals surface area contributed by atoms with E-state index in [0.29, 0.717) is 6.42 Å². The van der Waals surface area contributed by atoms with Gasteiger partial charge in [0.2, 0.25) is 5.91 Å². The van der Waals surface area contributed by atoms with Gasteiger partial charge >= 0.3 is 0 Å². The van der Waals surface area contributed by atoms with E-state index >= 15 is 0 Å². The number of hydrogen-bond donors (Lipinski definition) is 2. The van der Waals surface area contributed by atoms with E-state index in [1.807, 2.05) is 38.2 Å². The fourth-order valence-electron chi connectivity index (χ4n) is 1.56. The average molecular weight is 220 g/mol. The lowest BCUT2D eigenvalue weighted by Gasteiger charge is -2.05. The van der Waals surface area contributed by atoms with Gasteiger partial charge in [0.25, 0.3) is 0 Å². The van der Waals surface area contributed by atoms with E-state index in [1.54, 1.807) is 0 Å². The molecule has 3 nitrogen and oxygen atoms in total. The van der Waals surface area contributed by atoms with Crippen LogP contribution in [0.15, 0.2) is 24.3 Å². The Labute approximate surface area is 97.2 Å². The molecule has 1 rings (SSSR count). The lowest BCUT2D eigenvalue weighted by molar-refractivity contribution is -0.120. The normalized spacial score (nSPS) is 10.1. The van der Waals surface area contributed by atoms with Gasteiger partial charge in [0.05, 0.1) is 6.42 Å². The van der Waals surface area contributed by atoms with Crippen molar-refractivity contribution in [2.24, 2.45) is 0 Å². The summed E-state index contributed by atoms with van der Waals surface area (Å²) in [5, 5.41) is 5.95. The van der Waals surface area contributed by atoms with Crippen LogP contribution in [0.5, 0.6) is 0 Å². The van der Waals surface area contributed by atoms with Gasteiger partial charge in [-0.2, -0.15) is 0 Å². The summed E-state index contributed by atoms with van der Waals surface area (Å²) in [7, 11) is 1.91. The van der Waals surface area contributed by atoms with Crippen LogP contribution in [0.25, 0.3) is 0 Å². The smallest absolute Gasteiger partial charge is 0.224 e. The van der Waals surface area contributed by atoms with Crippen molar-refractivity contribution in [3.05, 3.63) is 35.4 Å². The molecule has 16 heavy (non-hydrogen) atoms. The quantitative estimate of drug-likeness (QED) is 0.709. The Hall–Kier alpha value is -1.35. The van der Waals surface area contributed by atoms with Gasteiger partial charge in [0, 0.05) is 6.54 Å². The minimum atomic E-state index is 0.0988. The zero-order valence-electron chi connectivity index (χ0n) is 10.0. The second-order valence-electron chi connectivity index (χ2n) is 3.97. The minimum absolute atomic E-state index is 0.0988. The van der Waals surface area contributed by atoms with Crippen LogP contribution in [0.3, 0.4) is 0 Å². The van der Waals surface area contributed by atoms with E-state index in [-0.39, 0.29) is 5.91 Å². The van der Waals surface area contributed by atoms with Crippen molar-refractivity contribution in [1.82, 2.24) is 10.6 Å². The van der Waals surface area contributed by atoms with Crippen LogP contribution in [0.1, 0.15) is 17.5 Å². The van der Waals surface area contributed by atoms with E-state index in [0.717, 1.165) is 25.1 Å². The summed E-state index contributed by atoms with van der Waals surface area (Å²) in [4.78, 5) is 11.6. The van der Waals surface area contributed by atoms with Gasteiger partial charge < -0.3 is 10.6 Å². The molecular formula is C13H20N2O. The third-order valence-corrected chi connectivity index (χ3v) is 2.37. The number of carbonyl (C=O) groups is 1. The molecular weight excluding hydrogens is 200 g/mol. The highest BCUT2D eigenvalue weighted by molar-refractivity contribution is 5.78. The first-order valence-corrected chi connectivity index (χ1v) is 5.69. The largest absolute Gasteiger partial charge is 0.356 e. The van der Waals surface area contributed by atoms with Crippen molar-refractivity contribution >= 4 is 5.91 Å². The Balaban J connectivity index is 2.29. The SMILES string of the molecule is CNCCCNC(=O)Cc1cccc(C)c1. The molecule has 0 fully saturated rings. The summed E-state index contributed by atoms with van der Waals surface area (Å²) >= 11 is 0. The summed E-state index contributed by atoms with van der Waals surface area (Å²) in [5.41, 5.74) is 2.27. The molecule has 0 aliphatic rings. The van der Waals surface area contributed by atoms with Crippen molar-refractivity contribution in [3.8, 4) is 0 Å². The molecule has 1 aromatic rings. The molecule has 1 aromatic carbocycles. The maximum atomic E-state index is 11.6. The summed E-state index contributed by atoms with van der Waals surface area (Å²) in [6, 6.07) is 8.06. The molecule has 0 radical (unpaired) electrons. The molecule has 0 aliphatic heterocycles. The predicted octanol–water partition coefficient (Wildman–Crippen LogP) is 1.26. The highest BCUT2D eigenvalue weighted by Crippen LogP contribution is 2.04. The number of carbonyl (C=O) groups excluding carboxylic acids is 1. The Morgan fingerprint density at radius 1 is 1.31 bits per heavy atom. The number of amides is 1. The maximum Gasteiger partial charge on any atom is 0.224 e. The summed E-state index contributed by atoms with van der Waals surface area (Å²) < 4.78 is 0. The fourth-order valence-corrected chi connectivity index (χ4v) is 1.56. The van der Waals surface area contributed by atoms with Crippen molar-refractivity contribution < 1.29 is 4.79 Å². The summed E-state index contributed by atoms with van der Waals surface area (Å²) in [6.07, 6.45) is 1.44. The minimum Gasteiger partial charge on any atom is -0.356 e. The highest BCUT2D eigenvalue weighted by Gasteiger charge is 2.02.